The molecule has 0 radical (unpaired) electrons. The van der Waals surface area contributed by atoms with Gasteiger partial charge in [-0.15, -0.1) is 0 Å². The summed E-state index contributed by atoms with van der Waals surface area (Å²) < 4.78 is 138. The minimum Gasteiger partial charge on any atom is -0.833 e. The normalized spacial score (nSPS) is 13.7. The van der Waals surface area contributed by atoms with Crippen molar-refractivity contribution in [1.82, 2.24) is 0 Å². The minimum absolute atomic E-state index is 3.00. The highest BCUT2D eigenvalue weighted by atomic mass is 19.4. The standard InChI is InChI=1S/C9F11O/c10-2-1(3(11)5(13)6(14)4(2)12)7(21,8(15,16)17)9(18,19)20/q-1. The molecule has 120 valence electrons. The molecule has 0 spiro atoms. The van der Waals surface area contributed by atoms with Crippen molar-refractivity contribution in [3.63, 3.8) is 0 Å². The van der Waals surface area contributed by atoms with Crippen LogP contribution in [0.4, 0.5) is 48.3 Å². The molecule has 0 aromatic heterocycles. The van der Waals surface area contributed by atoms with Gasteiger partial charge in [-0.25, -0.2) is 22.0 Å². The first-order valence-electron chi connectivity index (χ1n) is 4.53. The molecule has 0 saturated heterocycles. The molecule has 0 aliphatic carbocycles. The first-order chi connectivity index (χ1) is 9.18. The van der Waals surface area contributed by atoms with Gasteiger partial charge < -0.3 is 5.11 Å². The van der Waals surface area contributed by atoms with Crippen LogP contribution < -0.4 is 5.11 Å². The largest absolute Gasteiger partial charge is 0.833 e. The van der Waals surface area contributed by atoms with Gasteiger partial charge in [0.2, 0.25) is 5.82 Å². The molecule has 1 rings (SSSR count). The highest BCUT2D eigenvalue weighted by Gasteiger charge is 2.65. The van der Waals surface area contributed by atoms with Crippen molar-refractivity contribution in [2.75, 3.05) is 0 Å². The Bertz CT molecular complexity index is 528. The molecule has 0 N–H and O–H groups in total. The maximum Gasteiger partial charge on any atom is 0.392 e. The monoisotopic (exact) mass is 333 g/mol. The summed E-state index contributed by atoms with van der Waals surface area (Å²) in [7, 11) is 0. The minimum atomic E-state index is -6.91. The van der Waals surface area contributed by atoms with Crippen molar-refractivity contribution >= 4 is 0 Å². The lowest BCUT2D eigenvalue weighted by Gasteiger charge is -2.43. The molecule has 0 bridgehead atoms. The third-order valence-electron chi connectivity index (χ3n) is 2.36. The molecule has 0 amide bonds. The SMILES string of the molecule is [O-]C(c1c(F)c(F)c(F)c(F)c1F)(C(F)(F)F)C(F)(F)F. The summed E-state index contributed by atoms with van der Waals surface area (Å²) in [5, 5.41) is 11.0. The average Bonchev–Trinajstić information content (AvgIpc) is 2.31. The Morgan fingerprint density at radius 2 is 0.762 bits per heavy atom. The molecule has 12 heteroatoms. The summed E-state index contributed by atoms with van der Waals surface area (Å²) in [6.45, 7) is 0. The van der Waals surface area contributed by atoms with Crippen molar-refractivity contribution in [2.24, 2.45) is 0 Å². The Morgan fingerprint density at radius 3 is 1.00 bits per heavy atom. The zero-order chi connectivity index (χ0) is 17.0. The molecular formula is C9F11O-. The maximum atomic E-state index is 13.0. The van der Waals surface area contributed by atoms with Crippen LogP contribution in [0.25, 0.3) is 0 Å². The van der Waals surface area contributed by atoms with E-state index in [-0.39, 0.29) is 0 Å². The van der Waals surface area contributed by atoms with Crippen LogP contribution in [0.1, 0.15) is 5.56 Å². The van der Waals surface area contributed by atoms with Gasteiger partial charge in [0.25, 0.3) is 0 Å². The second-order valence-electron chi connectivity index (χ2n) is 3.62. The van der Waals surface area contributed by atoms with Crippen LogP contribution in [0.15, 0.2) is 0 Å². The third kappa shape index (κ3) is 2.30. The van der Waals surface area contributed by atoms with Crippen LogP contribution in [0, 0.1) is 29.1 Å². The molecule has 0 aliphatic rings. The maximum absolute atomic E-state index is 13.0. The predicted molar refractivity (Wildman–Crippen MR) is 40.0 cm³/mol. The zero-order valence-corrected chi connectivity index (χ0v) is 9.07. The van der Waals surface area contributed by atoms with Gasteiger partial charge in [0.1, 0.15) is 5.60 Å². The molecule has 0 atom stereocenters. The van der Waals surface area contributed by atoms with Gasteiger partial charge in [-0.3, -0.25) is 0 Å². The summed E-state index contributed by atoms with van der Waals surface area (Å²) in [5.74, 6) is -16.2. The predicted octanol–water partition coefficient (Wildman–Crippen LogP) is 3.06. The van der Waals surface area contributed by atoms with Crippen molar-refractivity contribution in [3.05, 3.63) is 34.6 Å². The first kappa shape index (κ1) is 17.5. The highest BCUT2D eigenvalue weighted by molar-refractivity contribution is 5.32. The fraction of sp³-hybridized carbons (Fsp3) is 0.333. The zero-order valence-electron chi connectivity index (χ0n) is 9.07. The van der Waals surface area contributed by atoms with Gasteiger partial charge in [-0.2, -0.15) is 26.3 Å². The third-order valence-corrected chi connectivity index (χ3v) is 2.36. The molecule has 0 saturated carbocycles. The van der Waals surface area contributed by atoms with Gasteiger partial charge in [0, 0.05) is 5.56 Å². The van der Waals surface area contributed by atoms with E-state index in [9.17, 15) is 53.4 Å². The molecule has 1 aromatic carbocycles. The lowest BCUT2D eigenvalue weighted by molar-refractivity contribution is -0.605. The van der Waals surface area contributed by atoms with Crippen LogP contribution >= 0.6 is 0 Å². The number of hydrogen-bond donors (Lipinski definition) is 0. The summed E-state index contributed by atoms with van der Waals surface area (Å²) in [6.07, 6.45) is -13.8. The second-order valence-corrected chi connectivity index (χ2v) is 3.62. The molecule has 1 aromatic rings. The van der Waals surface area contributed by atoms with E-state index >= 15 is 0 Å². The quantitative estimate of drug-likeness (QED) is 0.440. The van der Waals surface area contributed by atoms with Crippen LogP contribution in [-0.2, 0) is 5.60 Å². The van der Waals surface area contributed by atoms with E-state index in [1.807, 2.05) is 0 Å². The van der Waals surface area contributed by atoms with Crippen LogP contribution in [-0.4, -0.2) is 12.4 Å². The van der Waals surface area contributed by atoms with Gasteiger partial charge in [-0.05, 0) is 0 Å². The molecule has 0 aliphatic heterocycles. The Labute approximate surface area is 107 Å². The van der Waals surface area contributed by atoms with E-state index in [0.717, 1.165) is 0 Å². The summed E-state index contributed by atoms with van der Waals surface area (Å²) in [5.41, 5.74) is -10.1. The molecule has 21 heavy (non-hydrogen) atoms. The number of hydrogen-bond acceptors (Lipinski definition) is 1. The Balaban J connectivity index is 3.96. The molecular weight excluding hydrogens is 333 g/mol. The van der Waals surface area contributed by atoms with E-state index in [2.05, 4.69) is 0 Å². The van der Waals surface area contributed by atoms with E-state index in [0.29, 0.717) is 0 Å². The average molecular weight is 333 g/mol. The van der Waals surface area contributed by atoms with E-state index in [1.165, 1.54) is 0 Å². The molecule has 1 nitrogen and oxygen atoms in total. The summed E-state index contributed by atoms with van der Waals surface area (Å²) >= 11 is 0. The van der Waals surface area contributed by atoms with Gasteiger partial charge in [-0.1, -0.05) is 0 Å². The number of rotatable bonds is 1. The highest BCUT2D eigenvalue weighted by Crippen LogP contribution is 2.49. The topological polar surface area (TPSA) is 23.1 Å². The lowest BCUT2D eigenvalue weighted by Crippen LogP contribution is -2.64. The van der Waals surface area contributed by atoms with Gasteiger partial charge >= 0.3 is 12.4 Å². The number of benzene rings is 1. The Morgan fingerprint density at radius 1 is 0.524 bits per heavy atom. The Hall–Kier alpha value is -1.59. The van der Waals surface area contributed by atoms with Crippen molar-refractivity contribution < 1.29 is 53.4 Å². The first-order valence-corrected chi connectivity index (χ1v) is 4.53. The lowest BCUT2D eigenvalue weighted by atomic mass is 9.90. The van der Waals surface area contributed by atoms with Gasteiger partial charge in [0.05, 0.1) is 0 Å². The van der Waals surface area contributed by atoms with Crippen molar-refractivity contribution in [1.29, 1.82) is 0 Å². The molecule has 0 unspecified atom stereocenters. The number of halogens is 11. The van der Waals surface area contributed by atoms with E-state index in [1.54, 1.807) is 0 Å². The fourth-order valence-corrected chi connectivity index (χ4v) is 1.36. The van der Waals surface area contributed by atoms with Gasteiger partial charge in [0.15, 0.2) is 23.3 Å². The van der Waals surface area contributed by atoms with Crippen molar-refractivity contribution in [3.8, 4) is 0 Å². The molecule has 0 heterocycles. The smallest absolute Gasteiger partial charge is 0.392 e. The van der Waals surface area contributed by atoms with Crippen LogP contribution in [0.3, 0.4) is 0 Å². The fourth-order valence-electron chi connectivity index (χ4n) is 1.36. The Kier molecular flexibility index (Phi) is 3.92. The van der Waals surface area contributed by atoms with E-state index < -0.39 is 52.6 Å². The summed E-state index contributed by atoms with van der Waals surface area (Å²) in [4.78, 5) is 0. The molecule has 0 fully saturated rings. The van der Waals surface area contributed by atoms with Crippen LogP contribution in [0.2, 0.25) is 0 Å². The summed E-state index contributed by atoms with van der Waals surface area (Å²) in [6, 6.07) is 0. The van der Waals surface area contributed by atoms with Crippen LogP contribution in [0.5, 0.6) is 0 Å². The number of alkyl halides is 6. The second kappa shape index (κ2) is 4.71. The van der Waals surface area contributed by atoms with E-state index in [4.69, 9.17) is 0 Å². The van der Waals surface area contributed by atoms with Crippen molar-refractivity contribution in [2.45, 2.75) is 18.0 Å².